The Balaban J connectivity index is 3.79. The van der Waals surface area contributed by atoms with E-state index in [4.69, 9.17) is 10.1 Å². The van der Waals surface area contributed by atoms with Gasteiger partial charge in [-0.05, 0) is 0 Å². The van der Waals surface area contributed by atoms with Gasteiger partial charge >= 0.3 is 6.05 Å². The third kappa shape index (κ3) is 2.02. The van der Waals surface area contributed by atoms with Crippen molar-refractivity contribution >= 4 is 0 Å². The third-order valence-corrected chi connectivity index (χ3v) is 0.267. The lowest BCUT2D eigenvalue weighted by Gasteiger charge is -1.95. The fourth-order valence-electron chi connectivity index (χ4n) is 0. The molecule has 0 saturated heterocycles. The molecule has 1 radical (unpaired) electrons. The second-order valence-electron chi connectivity index (χ2n) is 0.923. The first-order valence-electron chi connectivity index (χ1n) is 1.32. The lowest BCUT2D eigenvalue weighted by molar-refractivity contribution is -0.627. The van der Waals surface area contributed by atoms with E-state index in [9.17, 15) is 8.78 Å². The van der Waals surface area contributed by atoms with Crippen LogP contribution in [0.2, 0.25) is 0 Å². The maximum Gasteiger partial charge on any atom is 0.510 e. The molecule has 0 bridgehead atoms. The smallest absolute Gasteiger partial charge is 0.259 e. The number of nitro groups is 1. The van der Waals surface area contributed by atoms with Crippen molar-refractivity contribution in [2.24, 2.45) is 0 Å². The Morgan fingerprint density at radius 2 is 1.86 bits per heavy atom. The predicted molar refractivity (Wildman–Crippen MR) is 17.3 cm³/mol. The van der Waals surface area contributed by atoms with Crippen LogP contribution in [0, 0.1) is 17.0 Å². The Hall–Kier alpha value is -0.740. The maximum atomic E-state index is 11.0. The Bertz CT molecular complexity index is 86.2. The minimum absolute atomic E-state index is 1.76. The van der Waals surface area contributed by atoms with E-state index in [1.165, 1.54) is 0 Å². The molecule has 0 spiro atoms. The second-order valence-corrected chi connectivity index (χ2v) is 0.923. The summed E-state index contributed by atoms with van der Waals surface area (Å²) >= 11 is 0. The second kappa shape index (κ2) is 1.40. The Labute approximate surface area is 38.1 Å². The van der Waals surface area contributed by atoms with Crippen molar-refractivity contribution < 1.29 is 13.7 Å². The van der Waals surface area contributed by atoms with E-state index in [1.807, 2.05) is 6.92 Å². The molecule has 0 aliphatic rings. The van der Waals surface area contributed by atoms with Gasteiger partial charge in [-0.25, -0.2) is 0 Å². The molecule has 0 aromatic carbocycles. The van der Waals surface area contributed by atoms with Crippen LogP contribution in [0.4, 0.5) is 8.78 Å². The fraction of sp³-hybridized carbons (Fsp3) is 0.500. The molecule has 0 aliphatic heterocycles. The van der Waals surface area contributed by atoms with E-state index in [2.05, 4.69) is 0 Å². The molecule has 0 saturated carbocycles. The predicted octanol–water partition coefficient (Wildman–Crippen LogP) is 0.690. The quantitative estimate of drug-likeness (QED) is 0.283. The fourth-order valence-corrected chi connectivity index (χ4v) is 0. The van der Waals surface area contributed by atoms with Crippen LogP contribution in [0.25, 0.3) is 0 Å². The monoisotopic (exact) mass is 110 g/mol. The molecule has 3 nitrogen and oxygen atoms in total. The molecular formula is C2H2F2NO2. The van der Waals surface area contributed by atoms with E-state index < -0.39 is 11.0 Å². The largest absolute Gasteiger partial charge is 0.510 e. The number of hydrogen-bond donors (Lipinski definition) is 0. The van der Waals surface area contributed by atoms with Gasteiger partial charge in [0.2, 0.25) is 0 Å². The van der Waals surface area contributed by atoms with E-state index >= 15 is 0 Å². The van der Waals surface area contributed by atoms with Crippen molar-refractivity contribution in [1.29, 1.82) is 0 Å². The minimum Gasteiger partial charge on any atom is -0.259 e. The van der Waals surface area contributed by atoms with E-state index in [0.29, 0.717) is 0 Å². The molecule has 0 fully saturated rings. The van der Waals surface area contributed by atoms with Crippen molar-refractivity contribution in [3.05, 3.63) is 17.0 Å². The van der Waals surface area contributed by atoms with Gasteiger partial charge in [-0.15, -0.1) is 8.78 Å². The van der Waals surface area contributed by atoms with Gasteiger partial charge in [0.25, 0.3) is 0 Å². The Kier molecular flexibility index (Phi) is 1.25. The molecule has 0 aliphatic carbocycles. The van der Waals surface area contributed by atoms with E-state index in [-0.39, 0.29) is 0 Å². The van der Waals surface area contributed by atoms with Crippen LogP contribution in [0.5, 0.6) is 0 Å². The number of hydrogen-bond acceptors (Lipinski definition) is 2. The molecule has 0 amide bonds. The minimum atomic E-state index is -4.03. The van der Waals surface area contributed by atoms with E-state index in [0.717, 1.165) is 0 Å². The summed E-state index contributed by atoms with van der Waals surface area (Å²) in [6.45, 7) is 1.94. The van der Waals surface area contributed by atoms with Crippen LogP contribution in [0.3, 0.4) is 0 Å². The molecule has 0 aromatic rings. The van der Waals surface area contributed by atoms with Gasteiger partial charge in [-0.3, -0.25) is 10.1 Å². The molecule has 0 heterocycles. The van der Waals surface area contributed by atoms with Gasteiger partial charge in [0.15, 0.2) is 0 Å². The van der Waals surface area contributed by atoms with Gasteiger partial charge in [0, 0.05) is 0 Å². The summed E-state index contributed by atoms with van der Waals surface area (Å²) in [5.74, 6) is 0. The molecular weight excluding hydrogens is 108 g/mol. The highest BCUT2D eigenvalue weighted by Gasteiger charge is 2.35. The zero-order valence-corrected chi connectivity index (χ0v) is 3.23. The van der Waals surface area contributed by atoms with Crippen molar-refractivity contribution in [2.45, 2.75) is 6.05 Å². The molecule has 5 heteroatoms. The first kappa shape index (κ1) is 6.26. The highest BCUT2D eigenvalue weighted by molar-refractivity contribution is 4.48. The number of halogens is 2. The Morgan fingerprint density at radius 3 is 1.86 bits per heavy atom. The standard InChI is InChI=1S/C2H2F2NO2/c1-2(3,4)5(6)7/h1H2. The van der Waals surface area contributed by atoms with Crippen molar-refractivity contribution in [2.75, 3.05) is 0 Å². The number of alkyl halides is 2. The summed E-state index contributed by atoms with van der Waals surface area (Å²) in [6, 6.07) is -4.03. The third-order valence-electron chi connectivity index (χ3n) is 0.267. The summed E-state index contributed by atoms with van der Waals surface area (Å²) in [7, 11) is 0. The average Bonchev–Trinajstić information content (AvgIpc) is 1.31. The highest BCUT2D eigenvalue weighted by atomic mass is 19.3. The first-order chi connectivity index (χ1) is 2.94. The topological polar surface area (TPSA) is 43.1 Å². The van der Waals surface area contributed by atoms with Crippen molar-refractivity contribution in [3.8, 4) is 0 Å². The molecule has 7 heavy (non-hydrogen) atoms. The first-order valence-corrected chi connectivity index (χ1v) is 1.32. The van der Waals surface area contributed by atoms with Gasteiger partial charge in [-0.1, -0.05) is 0 Å². The maximum absolute atomic E-state index is 11.0. The zero-order chi connectivity index (χ0) is 6.08. The molecule has 0 unspecified atom stereocenters. The van der Waals surface area contributed by atoms with Gasteiger partial charge in [0.1, 0.15) is 0 Å². The molecule has 0 rings (SSSR count). The van der Waals surface area contributed by atoms with Gasteiger partial charge < -0.3 is 0 Å². The van der Waals surface area contributed by atoms with Gasteiger partial charge in [-0.2, -0.15) is 0 Å². The Morgan fingerprint density at radius 1 is 1.71 bits per heavy atom. The average molecular weight is 110 g/mol. The zero-order valence-electron chi connectivity index (χ0n) is 3.23. The molecule has 0 aromatic heterocycles. The summed E-state index contributed by atoms with van der Waals surface area (Å²) in [6.07, 6.45) is 0. The number of rotatable bonds is 1. The lowest BCUT2D eigenvalue weighted by Crippen LogP contribution is -2.22. The van der Waals surface area contributed by atoms with Crippen LogP contribution >= 0.6 is 0 Å². The van der Waals surface area contributed by atoms with Crippen molar-refractivity contribution in [3.63, 3.8) is 0 Å². The lowest BCUT2D eigenvalue weighted by atomic mass is 10.7. The SMILES string of the molecule is [CH2]C(F)(F)[N+](=O)[O-]. The highest BCUT2D eigenvalue weighted by Crippen LogP contribution is 2.09. The van der Waals surface area contributed by atoms with Crippen LogP contribution in [0.15, 0.2) is 0 Å². The molecule has 0 N–H and O–H groups in total. The normalized spacial score (nSPS) is 11.3. The van der Waals surface area contributed by atoms with Crippen LogP contribution in [0.1, 0.15) is 0 Å². The summed E-state index contributed by atoms with van der Waals surface area (Å²) in [5, 5.41) is 9.01. The number of nitrogens with zero attached hydrogens (tertiary/aromatic N) is 1. The molecule has 0 atom stereocenters. The van der Waals surface area contributed by atoms with Crippen molar-refractivity contribution in [1.82, 2.24) is 0 Å². The van der Waals surface area contributed by atoms with Crippen LogP contribution in [-0.2, 0) is 0 Å². The molecule has 41 valence electrons. The van der Waals surface area contributed by atoms with Gasteiger partial charge in [0.05, 0.1) is 11.8 Å². The summed E-state index contributed by atoms with van der Waals surface area (Å²) in [4.78, 5) is 7.26. The van der Waals surface area contributed by atoms with Crippen LogP contribution < -0.4 is 0 Å². The van der Waals surface area contributed by atoms with E-state index in [1.54, 1.807) is 0 Å². The summed E-state index contributed by atoms with van der Waals surface area (Å²) in [5.41, 5.74) is 0. The van der Waals surface area contributed by atoms with Crippen LogP contribution in [-0.4, -0.2) is 11.0 Å². The summed E-state index contributed by atoms with van der Waals surface area (Å²) < 4.78 is 22.1.